The summed E-state index contributed by atoms with van der Waals surface area (Å²) in [5, 5.41) is 6.53. The van der Waals surface area contributed by atoms with Crippen molar-refractivity contribution >= 4 is 17.2 Å². The van der Waals surface area contributed by atoms with Gasteiger partial charge < -0.3 is 9.64 Å². The summed E-state index contributed by atoms with van der Waals surface area (Å²) in [5.74, 6) is 0.182. The highest BCUT2D eigenvalue weighted by atomic mass is 32.1. The number of nitrogens with zero attached hydrogens (tertiary/aromatic N) is 4. The molecule has 0 aliphatic carbocycles. The number of fused-ring (bicyclic) bond motifs is 1. The summed E-state index contributed by atoms with van der Waals surface area (Å²) >= 11 is 1.77. The van der Waals surface area contributed by atoms with E-state index in [-0.39, 0.29) is 11.8 Å². The van der Waals surface area contributed by atoms with Crippen LogP contribution in [0.3, 0.4) is 0 Å². The molecule has 1 fully saturated rings. The predicted molar refractivity (Wildman–Crippen MR) is 91.5 cm³/mol. The summed E-state index contributed by atoms with van der Waals surface area (Å²) in [6.07, 6.45) is 1.83. The van der Waals surface area contributed by atoms with Gasteiger partial charge in [-0.3, -0.25) is 14.4 Å². The molecular weight excluding hydrogens is 324 g/mol. The van der Waals surface area contributed by atoms with Gasteiger partial charge >= 0.3 is 0 Å². The van der Waals surface area contributed by atoms with E-state index in [9.17, 15) is 4.79 Å². The second-order valence-corrected chi connectivity index (χ2v) is 7.42. The minimum atomic E-state index is -0.0517. The molecule has 2 aliphatic rings. The van der Waals surface area contributed by atoms with Crippen molar-refractivity contribution in [1.29, 1.82) is 0 Å². The number of ether oxygens (including phenoxy) is 1. The van der Waals surface area contributed by atoms with Crippen LogP contribution >= 0.6 is 11.3 Å². The number of hydrogen-bond acceptors (Lipinski definition) is 5. The van der Waals surface area contributed by atoms with E-state index >= 15 is 0 Å². The van der Waals surface area contributed by atoms with Gasteiger partial charge in [0.1, 0.15) is 0 Å². The molecule has 128 valence electrons. The minimum Gasteiger partial charge on any atom is -0.378 e. The van der Waals surface area contributed by atoms with E-state index in [1.807, 2.05) is 15.8 Å². The number of carbonyl (C=O) groups is 1. The lowest BCUT2D eigenvalue weighted by Gasteiger charge is -2.31. The fourth-order valence-corrected chi connectivity index (χ4v) is 4.22. The van der Waals surface area contributed by atoms with Crippen LogP contribution in [-0.4, -0.2) is 58.3 Å². The Hall–Kier alpha value is -1.70. The number of amides is 1. The Bertz CT molecular complexity index is 679. The van der Waals surface area contributed by atoms with Gasteiger partial charge in [-0.25, -0.2) is 0 Å². The molecule has 1 saturated heterocycles. The lowest BCUT2D eigenvalue weighted by Crippen LogP contribution is -2.46. The van der Waals surface area contributed by atoms with Gasteiger partial charge in [-0.05, 0) is 17.5 Å². The van der Waals surface area contributed by atoms with Gasteiger partial charge in [-0.1, -0.05) is 6.07 Å². The summed E-state index contributed by atoms with van der Waals surface area (Å²) < 4.78 is 7.37. The predicted octanol–water partition coefficient (Wildman–Crippen LogP) is 1.44. The minimum absolute atomic E-state index is 0.0517. The molecule has 2 aliphatic heterocycles. The molecule has 0 aromatic carbocycles. The zero-order chi connectivity index (χ0) is 16.4. The summed E-state index contributed by atoms with van der Waals surface area (Å²) in [6.45, 7) is 5.85. The standard InChI is InChI=1S/C17H22N4O2S/c22-17(20-5-7-23-8-6-20)14-10-19(13-16-2-1-9-24-16)12-15-3-4-18-21(15)11-14/h1-4,9,14H,5-8,10-13H2/t14-/m0/s1. The molecule has 0 radical (unpaired) electrons. The molecule has 0 saturated carbocycles. The van der Waals surface area contributed by atoms with Crippen molar-refractivity contribution in [2.24, 2.45) is 5.92 Å². The highest BCUT2D eigenvalue weighted by Gasteiger charge is 2.31. The Balaban J connectivity index is 1.53. The molecule has 24 heavy (non-hydrogen) atoms. The zero-order valence-corrected chi connectivity index (χ0v) is 14.5. The monoisotopic (exact) mass is 346 g/mol. The SMILES string of the molecule is O=C([C@H]1CN(Cc2cccs2)Cc2ccnn2C1)N1CCOCC1. The van der Waals surface area contributed by atoms with Crippen molar-refractivity contribution in [3.8, 4) is 0 Å². The van der Waals surface area contributed by atoms with Crippen molar-refractivity contribution in [2.75, 3.05) is 32.8 Å². The number of hydrogen-bond donors (Lipinski definition) is 0. The fourth-order valence-electron chi connectivity index (χ4n) is 3.47. The van der Waals surface area contributed by atoms with E-state index in [0.29, 0.717) is 32.8 Å². The van der Waals surface area contributed by atoms with E-state index in [4.69, 9.17) is 4.74 Å². The third-order valence-corrected chi connectivity index (χ3v) is 5.55. The van der Waals surface area contributed by atoms with Crippen molar-refractivity contribution in [3.05, 3.63) is 40.3 Å². The highest BCUT2D eigenvalue weighted by Crippen LogP contribution is 2.21. The number of thiophene rings is 1. The van der Waals surface area contributed by atoms with Gasteiger partial charge in [0.15, 0.2) is 0 Å². The van der Waals surface area contributed by atoms with Crippen molar-refractivity contribution in [2.45, 2.75) is 19.6 Å². The van der Waals surface area contributed by atoms with Crippen molar-refractivity contribution in [1.82, 2.24) is 19.6 Å². The summed E-state index contributed by atoms with van der Waals surface area (Å²) in [7, 11) is 0. The molecule has 7 heteroatoms. The number of morpholine rings is 1. The first-order chi connectivity index (χ1) is 11.8. The largest absolute Gasteiger partial charge is 0.378 e. The van der Waals surface area contributed by atoms with Crippen LogP contribution in [0.2, 0.25) is 0 Å². The zero-order valence-electron chi connectivity index (χ0n) is 13.6. The third kappa shape index (κ3) is 3.38. The number of rotatable bonds is 3. The van der Waals surface area contributed by atoms with Gasteiger partial charge in [0, 0.05) is 43.8 Å². The highest BCUT2D eigenvalue weighted by molar-refractivity contribution is 7.09. The second kappa shape index (κ2) is 7.04. The van der Waals surface area contributed by atoms with Crippen LogP contribution in [0.4, 0.5) is 0 Å². The normalized spacial score (nSPS) is 22.2. The maximum atomic E-state index is 13.0. The Morgan fingerprint density at radius 3 is 2.96 bits per heavy atom. The van der Waals surface area contributed by atoms with Gasteiger partial charge in [0.2, 0.25) is 5.91 Å². The van der Waals surface area contributed by atoms with E-state index < -0.39 is 0 Å². The molecule has 0 N–H and O–H groups in total. The summed E-state index contributed by atoms with van der Waals surface area (Å²) in [6, 6.07) is 6.30. The average Bonchev–Trinajstić information content (AvgIpc) is 3.24. The van der Waals surface area contributed by atoms with Crippen LogP contribution in [0, 0.1) is 5.92 Å². The Labute approximate surface area is 145 Å². The second-order valence-electron chi connectivity index (χ2n) is 6.39. The molecular formula is C17H22N4O2S. The summed E-state index contributed by atoms with van der Waals surface area (Å²) in [4.78, 5) is 18.6. The van der Waals surface area contributed by atoms with Crippen LogP contribution < -0.4 is 0 Å². The molecule has 4 heterocycles. The lowest BCUT2D eigenvalue weighted by atomic mass is 10.1. The molecule has 0 spiro atoms. The molecule has 1 amide bonds. The van der Waals surface area contributed by atoms with Crippen LogP contribution in [0.25, 0.3) is 0 Å². The average molecular weight is 346 g/mol. The Morgan fingerprint density at radius 1 is 1.29 bits per heavy atom. The van der Waals surface area contributed by atoms with Gasteiger partial charge in [0.05, 0.1) is 31.4 Å². The summed E-state index contributed by atoms with van der Waals surface area (Å²) in [5.41, 5.74) is 1.18. The first kappa shape index (κ1) is 15.8. The van der Waals surface area contributed by atoms with E-state index in [1.54, 1.807) is 11.3 Å². The lowest BCUT2D eigenvalue weighted by molar-refractivity contribution is -0.140. The van der Waals surface area contributed by atoms with Crippen molar-refractivity contribution in [3.63, 3.8) is 0 Å². The van der Waals surface area contributed by atoms with E-state index in [1.165, 1.54) is 10.6 Å². The molecule has 0 unspecified atom stereocenters. The molecule has 2 aromatic heterocycles. The topological polar surface area (TPSA) is 50.6 Å². The fraction of sp³-hybridized carbons (Fsp3) is 0.529. The molecule has 2 aromatic rings. The maximum absolute atomic E-state index is 13.0. The van der Waals surface area contributed by atoms with Crippen molar-refractivity contribution < 1.29 is 9.53 Å². The molecule has 4 rings (SSSR count). The molecule has 0 bridgehead atoms. The van der Waals surface area contributed by atoms with Crippen LogP contribution in [0.1, 0.15) is 10.6 Å². The first-order valence-electron chi connectivity index (χ1n) is 8.41. The Kier molecular flexibility index (Phi) is 4.64. The maximum Gasteiger partial charge on any atom is 0.229 e. The quantitative estimate of drug-likeness (QED) is 0.844. The molecule has 6 nitrogen and oxygen atoms in total. The number of aromatic nitrogens is 2. The van der Waals surface area contributed by atoms with E-state index in [0.717, 1.165) is 19.6 Å². The van der Waals surface area contributed by atoms with Crippen LogP contribution in [0.5, 0.6) is 0 Å². The third-order valence-electron chi connectivity index (χ3n) is 4.69. The first-order valence-corrected chi connectivity index (χ1v) is 9.29. The smallest absolute Gasteiger partial charge is 0.229 e. The van der Waals surface area contributed by atoms with Gasteiger partial charge in [0.25, 0.3) is 0 Å². The van der Waals surface area contributed by atoms with E-state index in [2.05, 4.69) is 33.6 Å². The molecule has 1 atom stereocenters. The Morgan fingerprint density at radius 2 is 2.17 bits per heavy atom. The number of carbonyl (C=O) groups excluding carboxylic acids is 1. The van der Waals surface area contributed by atoms with Gasteiger partial charge in [-0.15, -0.1) is 11.3 Å². The van der Waals surface area contributed by atoms with Crippen LogP contribution in [-0.2, 0) is 29.2 Å². The van der Waals surface area contributed by atoms with Crippen LogP contribution in [0.15, 0.2) is 29.8 Å². The van der Waals surface area contributed by atoms with Gasteiger partial charge in [-0.2, -0.15) is 5.10 Å².